The van der Waals surface area contributed by atoms with Crippen molar-refractivity contribution in [1.82, 2.24) is 9.97 Å². The molecular formula is C14H19N3O3. The van der Waals surface area contributed by atoms with Gasteiger partial charge in [-0.1, -0.05) is 13.8 Å². The Morgan fingerprint density at radius 2 is 2.25 bits per heavy atom. The summed E-state index contributed by atoms with van der Waals surface area (Å²) in [5.41, 5.74) is 0. The molecule has 0 saturated heterocycles. The average molecular weight is 277 g/mol. The van der Waals surface area contributed by atoms with Gasteiger partial charge in [0, 0.05) is 6.54 Å². The van der Waals surface area contributed by atoms with Crippen LogP contribution in [0.4, 0.5) is 5.82 Å². The van der Waals surface area contributed by atoms with Gasteiger partial charge in [-0.05, 0) is 18.1 Å². The third-order valence-electron chi connectivity index (χ3n) is 2.53. The molecule has 1 atom stereocenters. The Morgan fingerprint density at radius 3 is 2.95 bits per heavy atom. The molecule has 2 rings (SSSR count). The molecule has 0 amide bonds. The third-order valence-corrected chi connectivity index (χ3v) is 2.53. The number of aliphatic hydroxyl groups is 1. The molecule has 1 unspecified atom stereocenters. The van der Waals surface area contributed by atoms with Gasteiger partial charge < -0.3 is 19.6 Å². The van der Waals surface area contributed by atoms with Crippen molar-refractivity contribution < 1.29 is 14.3 Å². The minimum atomic E-state index is -0.730. The predicted molar refractivity (Wildman–Crippen MR) is 74.5 cm³/mol. The van der Waals surface area contributed by atoms with E-state index in [-0.39, 0.29) is 6.54 Å². The fourth-order valence-electron chi connectivity index (χ4n) is 1.54. The summed E-state index contributed by atoms with van der Waals surface area (Å²) in [5, 5.41) is 12.9. The maximum absolute atomic E-state index is 9.88. The SMILES string of the molecule is CC(C)COc1cncc(NCC(O)c2ccco2)n1. The van der Waals surface area contributed by atoms with Gasteiger partial charge in [0.1, 0.15) is 17.7 Å². The largest absolute Gasteiger partial charge is 0.476 e. The zero-order valence-electron chi connectivity index (χ0n) is 11.6. The van der Waals surface area contributed by atoms with E-state index < -0.39 is 6.10 Å². The maximum Gasteiger partial charge on any atom is 0.234 e. The first-order valence-corrected chi connectivity index (χ1v) is 6.55. The van der Waals surface area contributed by atoms with Crippen molar-refractivity contribution in [3.05, 3.63) is 36.5 Å². The molecule has 6 heteroatoms. The van der Waals surface area contributed by atoms with Crippen LogP contribution in [0.15, 0.2) is 35.2 Å². The summed E-state index contributed by atoms with van der Waals surface area (Å²) in [7, 11) is 0. The topological polar surface area (TPSA) is 80.4 Å². The minimum Gasteiger partial charge on any atom is -0.476 e. The molecule has 20 heavy (non-hydrogen) atoms. The average Bonchev–Trinajstić information content (AvgIpc) is 2.97. The zero-order chi connectivity index (χ0) is 14.4. The number of aliphatic hydroxyl groups excluding tert-OH is 1. The van der Waals surface area contributed by atoms with E-state index in [1.807, 2.05) is 0 Å². The summed E-state index contributed by atoms with van der Waals surface area (Å²) in [6, 6.07) is 3.46. The Labute approximate surface area is 117 Å². The highest BCUT2D eigenvalue weighted by Gasteiger charge is 2.10. The van der Waals surface area contributed by atoms with Crippen LogP contribution in [0.5, 0.6) is 5.88 Å². The lowest BCUT2D eigenvalue weighted by Gasteiger charge is -2.11. The summed E-state index contributed by atoms with van der Waals surface area (Å²) < 4.78 is 10.6. The Hall–Kier alpha value is -2.08. The summed E-state index contributed by atoms with van der Waals surface area (Å²) in [4.78, 5) is 8.31. The second-order valence-electron chi connectivity index (χ2n) is 4.86. The van der Waals surface area contributed by atoms with Crippen LogP contribution in [0.25, 0.3) is 0 Å². The number of anilines is 1. The number of hydrogen-bond acceptors (Lipinski definition) is 6. The van der Waals surface area contributed by atoms with Gasteiger partial charge in [-0.2, -0.15) is 4.98 Å². The molecule has 0 radical (unpaired) electrons. The van der Waals surface area contributed by atoms with E-state index in [0.29, 0.717) is 30.0 Å². The molecular weight excluding hydrogens is 258 g/mol. The van der Waals surface area contributed by atoms with Crippen LogP contribution in [0.2, 0.25) is 0 Å². The predicted octanol–water partition coefficient (Wildman–Crippen LogP) is 2.25. The van der Waals surface area contributed by atoms with Gasteiger partial charge in [0.15, 0.2) is 0 Å². The summed E-state index contributed by atoms with van der Waals surface area (Å²) in [6.45, 7) is 5.01. The molecule has 0 spiro atoms. The normalized spacial score (nSPS) is 12.4. The van der Waals surface area contributed by atoms with Gasteiger partial charge in [-0.15, -0.1) is 0 Å². The fourth-order valence-corrected chi connectivity index (χ4v) is 1.54. The molecule has 0 aliphatic heterocycles. The minimum absolute atomic E-state index is 0.288. The van der Waals surface area contributed by atoms with Gasteiger partial charge in [-0.3, -0.25) is 4.98 Å². The van der Waals surface area contributed by atoms with Crippen LogP contribution in [0.3, 0.4) is 0 Å². The number of furan rings is 1. The van der Waals surface area contributed by atoms with Crippen LogP contribution in [-0.2, 0) is 0 Å². The van der Waals surface area contributed by atoms with Crippen molar-refractivity contribution >= 4 is 5.82 Å². The third kappa shape index (κ3) is 4.24. The van der Waals surface area contributed by atoms with E-state index in [1.54, 1.807) is 24.5 Å². The number of nitrogens with zero attached hydrogens (tertiary/aromatic N) is 2. The quantitative estimate of drug-likeness (QED) is 0.808. The van der Waals surface area contributed by atoms with Crippen molar-refractivity contribution in [2.75, 3.05) is 18.5 Å². The maximum atomic E-state index is 9.88. The Bertz CT molecular complexity index is 514. The number of hydrogen-bond donors (Lipinski definition) is 2. The molecule has 0 aromatic carbocycles. The van der Waals surface area contributed by atoms with Crippen LogP contribution >= 0.6 is 0 Å². The van der Waals surface area contributed by atoms with Crippen molar-refractivity contribution in [2.45, 2.75) is 20.0 Å². The monoisotopic (exact) mass is 277 g/mol. The Balaban J connectivity index is 1.88. The summed E-state index contributed by atoms with van der Waals surface area (Å²) >= 11 is 0. The zero-order valence-corrected chi connectivity index (χ0v) is 11.6. The smallest absolute Gasteiger partial charge is 0.234 e. The number of aromatic nitrogens is 2. The molecule has 0 aliphatic carbocycles. The molecule has 2 aromatic heterocycles. The van der Waals surface area contributed by atoms with Crippen LogP contribution in [0.1, 0.15) is 25.7 Å². The highest BCUT2D eigenvalue weighted by molar-refractivity contribution is 5.33. The highest BCUT2D eigenvalue weighted by Crippen LogP contribution is 2.15. The molecule has 108 valence electrons. The van der Waals surface area contributed by atoms with Gasteiger partial charge in [-0.25, -0.2) is 0 Å². The van der Waals surface area contributed by atoms with Crippen molar-refractivity contribution in [2.24, 2.45) is 5.92 Å². The summed E-state index contributed by atoms with van der Waals surface area (Å²) in [6.07, 6.45) is 3.94. The second-order valence-corrected chi connectivity index (χ2v) is 4.86. The van der Waals surface area contributed by atoms with Gasteiger partial charge in [0.2, 0.25) is 5.88 Å². The Morgan fingerprint density at radius 1 is 1.40 bits per heavy atom. The lowest BCUT2D eigenvalue weighted by Crippen LogP contribution is -2.13. The second kappa shape index (κ2) is 6.91. The molecule has 0 aliphatic rings. The van der Waals surface area contributed by atoms with Crippen LogP contribution in [-0.4, -0.2) is 28.2 Å². The lowest BCUT2D eigenvalue weighted by molar-refractivity contribution is 0.162. The van der Waals surface area contributed by atoms with E-state index in [1.165, 1.54) is 6.26 Å². The van der Waals surface area contributed by atoms with Gasteiger partial charge in [0.25, 0.3) is 0 Å². The number of rotatable bonds is 7. The van der Waals surface area contributed by atoms with Crippen LogP contribution < -0.4 is 10.1 Å². The van der Waals surface area contributed by atoms with Gasteiger partial charge >= 0.3 is 0 Å². The van der Waals surface area contributed by atoms with Crippen molar-refractivity contribution in [3.63, 3.8) is 0 Å². The van der Waals surface area contributed by atoms with Crippen molar-refractivity contribution in [1.29, 1.82) is 0 Å². The molecule has 0 saturated carbocycles. The first kappa shape index (κ1) is 14.3. The van der Waals surface area contributed by atoms with Crippen molar-refractivity contribution in [3.8, 4) is 5.88 Å². The first-order chi connectivity index (χ1) is 9.65. The molecule has 2 N–H and O–H groups in total. The van der Waals surface area contributed by atoms with Crippen LogP contribution in [0, 0.1) is 5.92 Å². The number of nitrogens with one attached hydrogen (secondary N) is 1. The molecule has 2 aromatic rings. The summed E-state index contributed by atoms with van der Waals surface area (Å²) in [5.74, 6) is 1.96. The van der Waals surface area contributed by atoms with E-state index in [2.05, 4.69) is 29.1 Å². The van der Waals surface area contributed by atoms with Gasteiger partial charge in [0.05, 0.1) is 25.3 Å². The first-order valence-electron chi connectivity index (χ1n) is 6.55. The molecule has 6 nitrogen and oxygen atoms in total. The van der Waals surface area contributed by atoms with E-state index >= 15 is 0 Å². The lowest BCUT2D eigenvalue weighted by atomic mass is 10.2. The molecule has 0 bridgehead atoms. The molecule has 2 heterocycles. The van der Waals surface area contributed by atoms with E-state index in [9.17, 15) is 5.11 Å². The Kier molecular flexibility index (Phi) is 4.95. The fraction of sp³-hybridized carbons (Fsp3) is 0.429. The standard InChI is InChI=1S/C14H19N3O3/c1-10(2)9-20-14-8-15-7-13(17-14)16-6-11(18)12-4-3-5-19-12/h3-5,7-8,10-11,18H,6,9H2,1-2H3,(H,16,17). The number of ether oxygens (including phenoxy) is 1. The molecule has 0 fully saturated rings. The van der Waals surface area contributed by atoms with E-state index in [4.69, 9.17) is 9.15 Å². The highest BCUT2D eigenvalue weighted by atomic mass is 16.5. The van der Waals surface area contributed by atoms with E-state index in [0.717, 1.165) is 0 Å².